The van der Waals surface area contributed by atoms with Crippen LogP contribution in [0, 0.1) is 12.8 Å². The van der Waals surface area contributed by atoms with Crippen LogP contribution in [-0.2, 0) is 0 Å². The molecule has 0 aliphatic heterocycles. The quantitative estimate of drug-likeness (QED) is 0.858. The summed E-state index contributed by atoms with van der Waals surface area (Å²) in [5, 5.41) is 3.36. The van der Waals surface area contributed by atoms with Crippen molar-refractivity contribution in [2.75, 3.05) is 18.9 Å². The van der Waals surface area contributed by atoms with Crippen LogP contribution >= 0.6 is 0 Å². The molecule has 110 valence electrons. The first kappa shape index (κ1) is 14.9. The van der Waals surface area contributed by atoms with E-state index >= 15 is 0 Å². The number of hydrogen-bond acceptors (Lipinski definition) is 2. The Hall–Kier alpha value is -1.51. The van der Waals surface area contributed by atoms with Crippen molar-refractivity contribution in [3.8, 4) is 0 Å². The second-order valence-corrected chi connectivity index (χ2v) is 5.97. The van der Waals surface area contributed by atoms with E-state index in [2.05, 4.69) is 25.2 Å². The lowest BCUT2D eigenvalue weighted by Gasteiger charge is -2.26. The fraction of sp³-hybridized carbons (Fsp3) is 0.588. The maximum absolute atomic E-state index is 12.7. The van der Waals surface area contributed by atoms with E-state index in [1.807, 2.05) is 31.0 Å². The molecule has 1 aliphatic rings. The topological polar surface area (TPSA) is 32.3 Å². The van der Waals surface area contributed by atoms with Crippen LogP contribution in [0.3, 0.4) is 0 Å². The molecule has 0 bridgehead atoms. The van der Waals surface area contributed by atoms with Gasteiger partial charge in [0.05, 0.1) is 5.56 Å². The Morgan fingerprint density at radius 1 is 1.45 bits per heavy atom. The molecule has 0 saturated heterocycles. The summed E-state index contributed by atoms with van der Waals surface area (Å²) in [6.07, 6.45) is 3.57. The highest BCUT2D eigenvalue weighted by atomic mass is 16.2. The molecule has 1 unspecified atom stereocenters. The number of anilines is 1. The molecule has 3 heteroatoms. The molecule has 2 rings (SSSR count). The number of nitrogens with one attached hydrogen (secondary N) is 1. The van der Waals surface area contributed by atoms with Crippen LogP contribution in [0.5, 0.6) is 0 Å². The first-order valence-electron chi connectivity index (χ1n) is 7.66. The molecule has 3 nitrogen and oxygen atoms in total. The lowest BCUT2D eigenvalue weighted by atomic mass is 10.1. The van der Waals surface area contributed by atoms with Gasteiger partial charge in [-0.15, -0.1) is 0 Å². The second-order valence-electron chi connectivity index (χ2n) is 5.97. The van der Waals surface area contributed by atoms with Crippen LogP contribution in [0.2, 0.25) is 0 Å². The summed E-state index contributed by atoms with van der Waals surface area (Å²) in [4.78, 5) is 14.6. The van der Waals surface area contributed by atoms with E-state index in [1.165, 1.54) is 12.8 Å². The molecule has 1 aliphatic carbocycles. The third-order valence-corrected chi connectivity index (χ3v) is 4.21. The van der Waals surface area contributed by atoms with Gasteiger partial charge in [-0.1, -0.05) is 18.6 Å². The van der Waals surface area contributed by atoms with Gasteiger partial charge in [0.2, 0.25) is 0 Å². The highest BCUT2D eigenvalue weighted by Crippen LogP contribution is 2.35. The molecule has 1 atom stereocenters. The molecule has 0 heterocycles. The normalized spacial score (nSPS) is 15.8. The summed E-state index contributed by atoms with van der Waals surface area (Å²) in [6, 6.07) is 6.41. The molecule has 1 aromatic rings. The van der Waals surface area contributed by atoms with Crippen molar-refractivity contribution in [2.24, 2.45) is 5.92 Å². The lowest BCUT2D eigenvalue weighted by Crippen LogP contribution is -2.36. The van der Waals surface area contributed by atoms with E-state index in [-0.39, 0.29) is 5.91 Å². The molecule has 1 amide bonds. The zero-order valence-corrected chi connectivity index (χ0v) is 13.1. The smallest absolute Gasteiger partial charge is 0.255 e. The van der Waals surface area contributed by atoms with Gasteiger partial charge in [-0.25, -0.2) is 0 Å². The van der Waals surface area contributed by atoms with Crippen LogP contribution in [0.25, 0.3) is 0 Å². The van der Waals surface area contributed by atoms with Crippen LogP contribution in [0.4, 0.5) is 5.69 Å². The van der Waals surface area contributed by atoms with Gasteiger partial charge >= 0.3 is 0 Å². The predicted octanol–water partition coefficient (Wildman–Crippen LogP) is 3.69. The van der Waals surface area contributed by atoms with Crippen molar-refractivity contribution >= 4 is 11.6 Å². The molecular weight excluding hydrogens is 248 g/mol. The van der Waals surface area contributed by atoms with Crippen LogP contribution in [-0.4, -0.2) is 30.4 Å². The van der Waals surface area contributed by atoms with Crippen molar-refractivity contribution in [2.45, 2.75) is 46.1 Å². The average Bonchev–Trinajstić information content (AvgIpc) is 3.28. The number of carbonyl (C=O) groups is 1. The summed E-state index contributed by atoms with van der Waals surface area (Å²) < 4.78 is 0. The maximum atomic E-state index is 12.7. The van der Waals surface area contributed by atoms with Crippen LogP contribution < -0.4 is 5.32 Å². The Bertz CT molecular complexity index is 480. The number of amides is 1. The number of rotatable bonds is 6. The monoisotopic (exact) mass is 274 g/mol. The first-order chi connectivity index (χ1) is 9.54. The van der Waals surface area contributed by atoms with Crippen LogP contribution in [0.15, 0.2) is 18.2 Å². The van der Waals surface area contributed by atoms with Gasteiger partial charge in [0, 0.05) is 25.3 Å². The zero-order valence-electron chi connectivity index (χ0n) is 13.1. The summed E-state index contributed by atoms with van der Waals surface area (Å²) in [5.74, 6) is 0.826. The Morgan fingerprint density at radius 2 is 2.15 bits per heavy atom. The van der Waals surface area contributed by atoms with Crippen molar-refractivity contribution < 1.29 is 4.79 Å². The highest BCUT2D eigenvalue weighted by Gasteiger charge is 2.33. The summed E-state index contributed by atoms with van der Waals surface area (Å²) in [5.41, 5.74) is 2.88. The van der Waals surface area contributed by atoms with Gasteiger partial charge in [-0.2, -0.15) is 0 Å². The Morgan fingerprint density at radius 3 is 2.75 bits per heavy atom. The second kappa shape index (κ2) is 6.29. The van der Waals surface area contributed by atoms with E-state index in [9.17, 15) is 4.79 Å². The van der Waals surface area contributed by atoms with E-state index < -0.39 is 0 Å². The summed E-state index contributed by atoms with van der Waals surface area (Å²) in [7, 11) is 1.93. The molecule has 1 saturated carbocycles. The first-order valence-corrected chi connectivity index (χ1v) is 7.66. The molecule has 0 spiro atoms. The number of aryl methyl sites for hydroxylation is 1. The molecule has 1 aromatic carbocycles. The van der Waals surface area contributed by atoms with Crippen molar-refractivity contribution in [3.63, 3.8) is 0 Å². The number of benzene rings is 1. The third-order valence-electron chi connectivity index (χ3n) is 4.21. The standard InChI is InChI=1S/C17H26N2O/c1-5-10-18-16-9-6-12(2)11-15(16)17(20)19(4)13(3)14-7-8-14/h6,9,11,13-14,18H,5,7-8,10H2,1-4H3. The van der Waals surface area contributed by atoms with Gasteiger partial charge in [-0.05, 0) is 51.2 Å². The van der Waals surface area contributed by atoms with E-state index in [1.54, 1.807) is 0 Å². The van der Waals surface area contributed by atoms with Gasteiger partial charge < -0.3 is 10.2 Å². The van der Waals surface area contributed by atoms with Crippen molar-refractivity contribution in [1.29, 1.82) is 0 Å². The summed E-state index contributed by atoms with van der Waals surface area (Å²) >= 11 is 0. The molecule has 20 heavy (non-hydrogen) atoms. The van der Waals surface area contributed by atoms with Crippen molar-refractivity contribution in [3.05, 3.63) is 29.3 Å². The van der Waals surface area contributed by atoms with Gasteiger partial charge in [-0.3, -0.25) is 4.79 Å². The minimum atomic E-state index is 0.131. The molecule has 1 N–H and O–H groups in total. The lowest BCUT2D eigenvalue weighted by molar-refractivity contribution is 0.0728. The van der Waals surface area contributed by atoms with Gasteiger partial charge in [0.25, 0.3) is 5.91 Å². The van der Waals surface area contributed by atoms with Gasteiger partial charge in [0.1, 0.15) is 0 Å². The van der Waals surface area contributed by atoms with Crippen LogP contribution in [0.1, 0.15) is 49.0 Å². The maximum Gasteiger partial charge on any atom is 0.255 e. The predicted molar refractivity (Wildman–Crippen MR) is 84.2 cm³/mol. The van der Waals surface area contributed by atoms with Gasteiger partial charge in [0.15, 0.2) is 0 Å². The zero-order chi connectivity index (χ0) is 14.7. The highest BCUT2D eigenvalue weighted by molar-refractivity contribution is 5.99. The Labute approximate surface area is 122 Å². The molecular formula is C17H26N2O. The SMILES string of the molecule is CCCNc1ccc(C)cc1C(=O)N(C)C(C)C1CC1. The largest absolute Gasteiger partial charge is 0.384 e. The fourth-order valence-corrected chi connectivity index (χ4v) is 2.52. The fourth-order valence-electron chi connectivity index (χ4n) is 2.52. The average molecular weight is 274 g/mol. The number of hydrogen-bond donors (Lipinski definition) is 1. The van der Waals surface area contributed by atoms with Crippen molar-refractivity contribution in [1.82, 2.24) is 4.90 Å². The van der Waals surface area contributed by atoms with E-state index in [0.717, 1.165) is 29.8 Å². The molecule has 0 aromatic heterocycles. The molecule has 0 radical (unpaired) electrons. The molecule has 1 fully saturated rings. The Kier molecular flexibility index (Phi) is 4.69. The number of nitrogens with zero attached hydrogens (tertiary/aromatic N) is 1. The van der Waals surface area contributed by atoms with E-state index in [4.69, 9.17) is 0 Å². The van der Waals surface area contributed by atoms with E-state index in [0.29, 0.717) is 12.0 Å². The minimum Gasteiger partial charge on any atom is -0.384 e. The number of carbonyl (C=O) groups excluding carboxylic acids is 1. The minimum absolute atomic E-state index is 0.131. The Balaban J connectivity index is 2.20. The third kappa shape index (κ3) is 3.33. The summed E-state index contributed by atoms with van der Waals surface area (Å²) in [6.45, 7) is 7.21.